The Morgan fingerprint density at radius 3 is 2.95 bits per heavy atom. The number of fused-ring (bicyclic) bond motifs is 1. The van der Waals surface area contributed by atoms with Crippen molar-refractivity contribution in [2.45, 2.75) is 44.9 Å². The average molecular weight is 373 g/mol. The Hall–Kier alpha value is -0.820. The molecule has 1 aromatic carbocycles. The minimum absolute atomic E-state index is 0.0802. The minimum Gasteiger partial charge on any atom is -0.408 e. The third-order valence-corrected chi connectivity index (χ3v) is 4.24. The molecule has 0 N–H and O–H groups in total. The summed E-state index contributed by atoms with van der Waals surface area (Å²) in [5, 5.41) is 0. The second-order valence-corrected chi connectivity index (χ2v) is 6.87. The van der Waals surface area contributed by atoms with Crippen LogP contribution in [0.3, 0.4) is 0 Å². The van der Waals surface area contributed by atoms with Gasteiger partial charge in [0.2, 0.25) is 0 Å². The number of rotatable bonds is 2. The van der Waals surface area contributed by atoms with E-state index in [1.54, 1.807) is 4.57 Å². The van der Waals surface area contributed by atoms with Gasteiger partial charge in [-0.05, 0) is 67.5 Å². The highest BCUT2D eigenvalue weighted by molar-refractivity contribution is 14.1. The van der Waals surface area contributed by atoms with E-state index in [4.69, 9.17) is 9.15 Å². The largest absolute Gasteiger partial charge is 0.420 e. The maximum atomic E-state index is 11.9. The number of halogens is 1. The highest BCUT2D eigenvalue weighted by Crippen LogP contribution is 2.30. The van der Waals surface area contributed by atoms with Gasteiger partial charge in [-0.3, -0.25) is 4.57 Å². The molecule has 102 valence electrons. The van der Waals surface area contributed by atoms with Crippen LogP contribution in [0, 0.1) is 3.57 Å². The van der Waals surface area contributed by atoms with Crippen molar-refractivity contribution >= 4 is 33.7 Å². The Kier molecular flexibility index (Phi) is 3.21. The maximum Gasteiger partial charge on any atom is 0.420 e. The molecule has 1 aliphatic rings. The summed E-state index contributed by atoms with van der Waals surface area (Å²) in [5.74, 6) is -0.301. The maximum absolute atomic E-state index is 11.9. The zero-order valence-corrected chi connectivity index (χ0v) is 13.1. The summed E-state index contributed by atoms with van der Waals surface area (Å²) >= 11 is 2.21. The molecule has 0 saturated carbocycles. The SMILES string of the molecule is CC1(C)CCC(Cn2c(=O)oc3cc(I)ccc32)O1. The zero-order chi connectivity index (χ0) is 13.6. The lowest BCUT2D eigenvalue weighted by molar-refractivity contribution is -0.0219. The first kappa shape index (κ1) is 13.2. The molecule has 1 aliphatic heterocycles. The van der Waals surface area contributed by atoms with E-state index in [0.717, 1.165) is 21.9 Å². The molecule has 0 spiro atoms. The minimum atomic E-state index is -0.301. The zero-order valence-electron chi connectivity index (χ0n) is 11.0. The van der Waals surface area contributed by atoms with Gasteiger partial charge in [0, 0.05) is 3.57 Å². The average Bonchev–Trinajstić information content (AvgIpc) is 2.80. The van der Waals surface area contributed by atoms with Crippen LogP contribution < -0.4 is 5.76 Å². The molecule has 1 unspecified atom stereocenters. The van der Waals surface area contributed by atoms with Crippen LogP contribution in [0.2, 0.25) is 0 Å². The Bertz CT molecular complexity index is 671. The standard InChI is InChI=1S/C14H16INO3/c1-14(2)6-5-10(19-14)8-16-11-4-3-9(15)7-12(11)18-13(16)17/h3-4,7,10H,5-6,8H2,1-2H3. The van der Waals surface area contributed by atoms with E-state index in [9.17, 15) is 4.79 Å². The summed E-state index contributed by atoms with van der Waals surface area (Å²) in [6.07, 6.45) is 2.10. The van der Waals surface area contributed by atoms with Crippen LogP contribution in [0.5, 0.6) is 0 Å². The summed E-state index contributed by atoms with van der Waals surface area (Å²) in [6.45, 7) is 4.74. The monoisotopic (exact) mass is 373 g/mol. The summed E-state index contributed by atoms with van der Waals surface area (Å²) in [6, 6.07) is 5.79. The van der Waals surface area contributed by atoms with Gasteiger partial charge in [-0.2, -0.15) is 0 Å². The lowest BCUT2D eigenvalue weighted by Crippen LogP contribution is -2.26. The molecular formula is C14H16INO3. The molecular weight excluding hydrogens is 357 g/mol. The van der Waals surface area contributed by atoms with Crippen molar-refractivity contribution in [3.63, 3.8) is 0 Å². The van der Waals surface area contributed by atoms with Crippen molar-refractivity contribution in [1.29, 1.82) is 0 Å². The van der Waals surface area contributed by atoms with Crippen LogP contribution in [-0.2, 0) is 11.3 Å². The fraction of sp³-hybridized carbons (Fsp3) is 0.500. The van der Waals surface area contributed by atoms with Crippen molar-refractivity contribution in [3.05, 3.63) is 32.3 Å². The molecule has 0 amide bonds. The Labute approximate surface area is 124 Å². The molecule has 1 fully saturated rings. The molecule has 3 rings (SSSR count). The molecule has 2 heterocycles. The second-order valence-electron chi connectivity index (χ2n) is 5.63. The highest BCUT2D eigenvalue weighted by atomic mass is 127. The number of nitrogens with zero attached hydrogens (tertiary/aromatic N) is 1. The fourth-order valence-electron chi connectivity index (χ4n) is 2.62. The molecule has 5 heteroatoms. The van der Waals surface area contributed by atoms with Crippen LogP contribution >= 0.6 is 22.6 Å². The van der Waals surface area contributed by atoms with Gasteiger partial charge in [-0.25, -0.2) is 4.79 Å². The van der Waals surface area contributed by atoms with Crippen molar-refractivity contribution in [1.82, 2.24) is 4.57 Å². The fourth-order valence-corrected chi connectivity index (χ4v) is 3.09. The molecule has 0 bridgehead atoms. The van der Waals surface area contributed by atoms with Crippen LogP contribution in [0.4, 0.5) is 0 Å². The molecule has 1 aromatic heterocycles. The number of oxazole rings is 1. The van der Waals surface area contributed by atoms with E-state index >= 15 is 0 Å². The highest BCUT2D eigenvalue weighted by Gasteiger charge is 2.32. The lowest BCUT2D eigenvalue weighted by Gasteiger charge is -2.19. The van der Waals surface area contributed by atoms with E-state index < -0.39 is 0 Å². The van der Waals surface area contributed by atoms with E-state index in [-0.39, 0.29) is 17.5 Å². The van der Waals surface area contributed by atoms with Crippen molar-refractivity contribution in [3.8, 4) is 0 Å². The van der Waals surface area contributed by atoms with Crippen LogP contribution in [-0.4, -0.2) is 16.3 Å². The van der Waals surface area contributed by atoms with Gasteiger partial charge in [0.15, 0.2) is 5.58 Å². The Morgan fingerprint density at radius 2 is 2.26 bits per heavy atom. The summed E-state index contributed by atoms with van der Waals surface area (Å²) in [7, 11) is 0. The smallest absolute Gasteiger partial charge is 0.408 e. The summed E-state index contributed by atoms with van der Waals surface area (Å²) in [4.78, 5) is 11.9. The topological polar surface area (TPSA) is 44.4 Å². The van der Waals surface area contributed by atoms with Crippen molar-refractivity contribution in [2.24, 2.45) is 0 Å². The number of ether oxygens (including phenoxy) is 1. The summed E-state index contributed by atoms with van der Waals surface area (Å²) in [5.41, 5.74) is 1.41. The lowest BCUT2D eigenvalue weighted by atomic mass is 10.1. The summed E-state index contributed by atoms with van der Waals surface area (Å²) < 4.78 is 14.0. The van der Waals surface area contributed by atoms with Gasteiger partial charge in [-0.15, -0.1) is 0 Å². The van der Waals surface area contributed by atoms with Gasteiger partial charge >= 0.3 is 5.76 Å². The molecule has 2 aromatic rings. The van der Waals surface area contributed by atoms with Gasteiger partial charge in [-0.1, -0.05) is 0 Å². The van der Waals surface area contributed by atoms with Crippen LogP contribution in [0.1, 0.15) is 26.7 Å². The Balaban J connectivity index is 1.93. The molecule has 0 aliphatic carbocycles. The van der Waals surface area contributed by atoms with Gasteiger partial charge in [0.25, 0.3) is 0 Å². The van der Waals surface area contributed by atoms with E-state index in [0.29, 0.717) is 12.1 Å². The van der Waals surface area contributed by atoms with Crippen molar-refractivity contribution < 1.29 is 9.15 Å². The normalized spacial score (nSPS) is 22.2. The Morgan fingerprint density at radius 1 is 1.47 bits per heavy atom. The molecule has 1 saturated heterocycles. The van der Waals surface area contributed by atoms with Gasteiger partial charge in [0.1, 0.15) is 0 Å². The molecule has 0 radical (unpaired) electrons. The first-order chi connectivity index (χ1) is 8.94. The predicted octanol–water partition coefficient (Wildman–Crippen LogP) is 3.16. The van der Waals surface area contributed by atoms with Crippen LogP contribution in [0.15, 0.2) is 27.4 Å². The first-order valence-electron chi connectivity index (χ1n) is 6.41. The number of aromatic nitrogens is 1. The molecule has 19 heavy (non-hydrogen) atoms. The van der Waals surface area contributed by atoms with Crippen molar-refractivity contribution in [2.75, 3.05) is 0 Å². The second kappa shape index (κ2) is 4.63. The van der Waals surface area contributed by atoms with E-state index in [1.807, 2.05) is 18.2 Å². The number of hydrogen-bond acceptors (Lipinski definition) is 3. The third-order valence-electron chi connectivity index (χ3n) is 3.57. The number of benzene rings is 1. The molecule has 1 atom stereocenters. The quantitative estimate of drug-likeness (QED) is 0.760. The van der Waals surface area contributed by atoms with E-state index in [2.05, 4.69) is 36.4 Å². The first-order valence-corrected chi connectivity index (χ1v) is 7.49. The van der Waals surface area contributed by atoms with Crippen LogP contribution in [0.25, 0.3) is 11.1 Å². The molecule has 4 nitrogen and oxygen atoms in total. The third kappa shape index (κ3) is 2.58. The predicted molar refractivity (Wildman–Crippen MR) is 81.4 cm³/mol. The van der Waals surface area contributed by atoms with E-state index in [1.165, 1.54) is 0 Å². The van der Waals surface area contributed by atoms with Gasteiger partial charge < -0.3 is 9.15 Å². The number of hydrogen-bond donors (Lipinski definition) is 0. The van der Waals surface area contributed by atoms with Gasteiger partial charge in [0.05, 0.1) is 23.8 Å².